The summed E-state index contributed by atoms with van der Waals surface area (Å²) in [5.74, 6) is -3.45. The van der Waals surface area contributed by atoms with E-state index in [0.29, 0.717) is 6.42 Å². The van der Waals surface area contributed by atoms with Crippen LogP contribution in [-0.4, -0.2) is 6.04 Å². The van der Waals surface area contributed by atoms with Gasteiger partial charge in [0.2, 0.25) is 0 Å². The van der Waals surface area contributed by atoms with E-state index < -0.39 is 11.8 Å². The summed E-state index contributed by atoms with van der Waals surface area (Å²) in [5, 5.41) is 0. The number of hydrogen-bond acceptors (Lipinski definition) is 1. The van der Waals surface area contributed by atoms with E-state index in [-0.39, 0.29) is 11.6 Å². The highest BCUT2D eigenvalue weighted by molar-refractivity contribution is 5.26. The second kappa shape index (κ2) is 4.91. The van der Waals surface area contributed by atoms with Crippen LogP contribution in [0.4, 0.5) is 8.78 Å². The molecule has 1 aromatic carbocycles. The molecule has 0 heterocycles. The van der Waals surface area contributed by atoms with Crippen LogP contribution in [-0.2, 0) is 12.3 Å². The van der Waals surface area contributed by atoms with Crippen molar-refractivity contribution in [2.24, 2.45) is 11.7 Å². The Hall–Kier alpha value is -0.960. The van der Waals surface area contributed by atoms with E-state index in [1.807, 2.05) is 6.92 Å². The normalized spacial score (nSPS) is 14.2. The molecule has 0 saturated carbocycles. The van der Waals surface area contributed by atoms with Crippen LogP contribution in [0, 0.1) is 5.92 Å². The molecule has 16 heavy (non-hydrogen) atoms. The lowest BCUT2D eigenvalue weighted by Crippen LogP contribution is -2.21. The fraction of sp³-hybridized carbons (Fsp3) is 0.538. The zero-order chi connectivity index (χ0) is 12.3. The second-order valence-corrected chi connectivity index (χ2v) is 4.66. The predicted octanol–water partition coefficient (Wildman–Crippen LogP) is 3.32. The van der Waals surface area contributed by atoms with Crippen LogP contribution in [0.25, 0.3) is 0 Å². The highest BCUT2D eigenvalue weighted by Gasteiger charge is 2.35. The Bertz CT molecular complexity index is 328. The lowest BCUT2D eigenvalue weighted by molar-refractivity contribution is -0.0513. The van der Waals surface area contributed by atoms with Gasteiger partial charge in [-0.05, 0) is 18.9 Å². The first-order chi connectivity index (χ1) is 7.34. The van der Waals surface area contributed by atoms with Crippen LogP contribution < -0.4 is 5.73 Å². The quantitative estimate of drug-likeness (QED) is 0.839. The van der Waals surface area contributed by atoms with Crippen LogP contribution in [0.5, 0.6) is 0 Å². The zero-order valence-electron chi connectivity index (χ0n) is 10.0. The molecule has 1 aromatic rings. The predicted molar refractivity (Wildman–Crippen MR) is 62.5 cm³/mol. The molecule has 0 aliphatic rings. The lowest BCUT2D eigenvalue weighted by atomic mass is 9.96. The molecule has 0 aliphatic heterocycles. The summed E-state index contributed by atoms with van der Waals surface area (Å²) in [6.45, 7) is 4.95. The number of rotatable bonds is 4. The fourth-order valence-corrected chi connectivity index (χ4v) is 1.57. The molecule has 1 rings (SSSR count). The van der Waals surface area contributed by atoms with Gasteiger partial charge >= 0.3 is 0 Å². The van der Waals surface area contributed by atoms with Crippen molar-refractivity contribution in [3.63, 3.8) is 0 Å². The highest BCUT2D eigenvalue weighted by Crippen LogP contribution is 2.35. The van der Waals surface area contributed by atoms with E-state index in [1.165, 1.54) is 26.0 Å². The Morgan fingerprint density at radius 3 is 2.00 bits per heavy atom. The van der Waals surface area contributed by atoms with Crippen molar-refractivity contribution < 1.29 is 8.78 Å². The minimum Gasteiger partial charge on any atom is -0.328 e. The number of benzene rings is 1. The Balaban J connectivity index is 2.86. The Kier molecular flexibility index (Phi) is 4.03. The summed E-state index contributed by atoms with van der Waals surface area (Å²) in [5.41, 5.74) is 6.73. The van der Waals surface area contributed by atoms with Gasteiger partial charge in [-0.2, -0.15) is 0 Å². The van der Waals surface area contributed by atoms with E-state index in [1.54, 1.807) is 12.1 Å². The van der Waals surface area contributed by atoms with Gasteiger partial charge in [-0.15, -0.1) is 0 Å². The molecule has 0 amide bonds. The standard InChI is InChI=1S/C13H19F2N/c1-9(2)13(14,15)12-6-4-11(5-7-12)8-10(3)16/h4-7,9-10H,8,16H2,1-3H3. The van der Waals surface area contributed by atoms with E-state index >= 15 is 0 Å². The topological polar surface area (TPSA) is 26.0 Å². The summed E-state index contributed by atoms with van der Waals surface area (Å²) in [6, 6.07) is 6.51. The number of nitrogens with two attached hydrogens (primary N) is 1. The van der Waals surface area contributed by atoms with Crippen molar-refractivity contribution in [1.29, 1.82) is 0 Å². The van der Waals surface area contributed by atoms with Crippen LogP contribution >= 0.6 is 0 Å². The maximum atomic E-state index is 13.6. The number of hydrogen-bond donors (Lipinski definition) is 1. The van der Waals surface area contributed by atoms with Gasteiger partial charge in [0.05, 0.1) is 0 Å². The van der Waals surface area contributed by atoms with Gasteiger partial charge in [-0.1, -0.05) is 38.1 Å². The smallest absolute Gasteiger partial charge is 0.275 e. The van der Waals surface area contributed by atoms with Crippen molar-refractivity contribution in [2.75, 3.05) is 0 Å². The number of alkyl halides is 2. The van der Waals surface area contributed by atoms with Gasteiger partial charge in [0.15, 0.2) is 0 Å². The van der Waals surface area contributed by atoms with Crippen LogP contribution in [0.3, 0.4) is 0 Å². The van der Waals surface area contributed by atoms with Crippen molar-refractivity contribution in [3.8, 4) is 0 Å². The number of halogens is 2. The minimum atomic E-state index is -2.76. The third kappa shape index (κ3) is 3.01. The molecule has 2 N–H and O–H groups in total. The van der Waals surface area contributed by atoms with Gasteiger partial charge in [0, 0.05) is 17.5 Å². The van der Waals surface area contributed by atoms with Crippen molar-refractivity contribution >= 4 is 0 Å². The third-order valence-corrected chi connectivity index (χ3v) is 2.62. The van der Waals surface area contributed by atoms with Crippen molar-refractivity contribution in [1.82, 2.24) is 0 Å². The SMILES string of the molecule is CC(N)Cc1ccc(C(F)(F)C(C)C)cc1. The maximum Gasteiger partial charge on any atom is 0.275 e. The summed E-state index contributed by atoms with van der Waals surface area (Å²) in [7, 11) is 0. The molecule has 1 nitrogen and oxygen atoms in total. The Morgan fingerprint density at radius 2 is 1.62 bits per heavy atom. The maximum absolute atomic E-state index is 13.6. The molecule has 1 unspecified atom stereocenters. The second-order valence-electron chi connectivity index (χ2n) is 4.66. The summed E-state index contributed by atoms with van der Waals surface area (Å²) < 4.78 is 27.3. The van der Waals surface area contributed by atoms with E-state index in [2.05, 4.69) is 0 Å². The first-order valence-corrected chi connectivity index (χ1v) is 5.57. The first-order valence-electron chi connectivity index (χ1n) is 5.57. The van der Waals surface area contributed by atoms with Crippen LogP contribution in [0.1, 0.15) is 31.9 Å². The van der Waals surface area contributed by atoms with Gasteiger partial charge in [0.25, 0.3) is 5.92 Å². The molecule has 0 aliphatic carbocycles. The van der Waals surface area contributed by atoms with E-state index in [4.69, 9.17) is 5.73 Å². The largest absolute Gasteiger partial charge is 0.328 e. The molecule has 0 fully saturated rings. The van der Waals surface area contributed by atoms with Gasteiger partial charge in [-0.3, -0.25) is 0 Å². The molecular formula is C13H19F2N. The third-order valence-electron chi connectivity index (χ3n) is 2.62. The van der Waals surface area contributed by atoms with Crippen LogP contribution in [0.2, 0.25) is 0 Å². The van der Waals surface area contributed by atoms with E-state index in [0.717, 1.165) is 5.56 Å². The Morgan fingerprint density at radius 1 is 1.12 bits per heavy atom. The Labute approximate surface area is 95.7 Å². The minimum absolute atomic E-state index is 0.0523. The fourth-order valence-electron chi connectivity index (χ4n) is 1.57. The summed E-state index contributed by atoms with van der Waals surface area (Å²) in [4.78, 5) is 0. The van der Waals surface area contributed by atoms with Crippen LogP contribution in [0.15, 0.2) is 24.3 Å². The summed E-state index contributed by atoms with van der Waals surface area (Å²) in [6.07, 6.45) is 0.716. The molecule has 0 aromatic heterocycles. The monoisotopic (exact) mass is 227 g/mol. The molecule has 0 bridgehead atoms. The van der Waals surface area contributed by atoms with Crippen molar-refractivity contribution in [3.05, 3.63) is 35.4 Å². The summed E-state index contributed by atoms with van der Waals surface area (Å²) >= 11 is 0. The molecule has 1 atom stereocenters. The lowest BCUT2D eigenvalue weighted by Gasteiger charge is -2.21. The first kappa shape index (κ1) is 13.1. The molecule has 3 heteroatoms. The highest BCUT2D eigenvalue weighted by atomic mass is 19.3. The average Bonchev–Trinajstić information content (AvgIpc) is 2.17. The molecule has 0 spiro atoms. The molecular weight excluding hydrogens is 208 g/mol. The van der Waals surface area contributed by atoms with Crippen molar-refractivity contribution in [2.45, 2.75) is 39.2 Å². The molecule has 90 valence electrons. The molecule has 0 saturated heterocycles. The van der Waals surface area contributed by atoms with Gasteiger partial charge < -0.3 is 5.73 Å². The van der Waals surface area contributed by atoms with Gasteiger partial charge in [0.1, 0.15) is 0 Å². The van der Waals surface area contributed by atoms with E-state index in [9.17, 15) is 8.78 Å². The molecule has 0 radical (unpaired) electrons. The zero-order valence-corrected chi connectivity index (χ0v) is 10.0. The van der Waals surface area contributed by atoms with Gasteiger partial charge in [-0.25, -0.2) is 8.78 Å². The average molecular weight is 227 g/mol.